The van der Waals surface area contributed by atoms with Crippen LogP contribution in [-0.4, -0.2) is 5.24 Å². The fourth-order valence-corrected chi connectivity index (χ4v) is 1.15. The van der Waals surface area contributed by atoms with Gasteiger partial charge in [-0.1, -0.05) is 23.8 Å². The number of allylic oxidation sites excluding steroid dienone is 4. The highest BCUT2D eigenvalue weighted by Crippen LogP contribution is 2.15. The zero-order valence-electron chi connectivity index (χ0n) is 5.64. The highest BCUT2D eigenvalue weighted by molar-refractivity contribution is 6.63. The van der Waals surface area contributed by atoms with Gasteiger partial charge in [0, 0.05) is 6.42 Å². The third-order valence-electron chi connectivity index (χ3n) is 1.47. The summed E-state index contributed by atoms with van der Waals surface area (Å²) in [5.41, 5.74) is 1.14. The van der Waals surface area contributed by atoms with E-state index in [4.69, 9.17) is 11.6 Å². The van der Waals surface area contributed by atoms with Crippen LogP contribution in [0.4, 0.5) is 0 Å². The van der Waals surface area contributed by atoms with Crippen molar-refractivity contribution in [3.05, 3.63) is 23.8 Å². The quantitative estimate of drug-likeness (QED) is 0.562. The predicted octanol–water partition coefficient (Wildman–Crippen LogP) is 2.42. The van der Waals surface area contributed by atoms with Crippen molar-refractivity contribution < 1.29 is 4.79 Å². The minimum atomic E-state index is -0.262. The molecule has 1 aliphatic carbocycles. The zero-order chi connectivity index (χ0) is 7.40. The Hall–Kier alpha value is -0.560. The molecule has 0 bridgehead atoms. The molecule has 0 heterocycles. The number of hydrogen-bond acceptors (Lipinski definition) is 1. The second-order valence-electron chi connectivity index (χ2n) is 2.32. The Morgan fingerprint density at radius 3 is 3.00 bits per heavy atom. The largest absolute Gasteiger partial charge is 0.281 e. The lowest BCUT2D eigenvalue weighted by molar-refractivity contribution is -0.111. The van der Waals surface area contributed by atoms with Gasteiger partial charge in [0.1, 0.15) is 0 Å². The van der Waals surface area contributed by atoms with E-state index >= 15 is 0 Å². The van der Waals surface area contributed by atoms with Crippen molar-refractivity contribution >= 4 is 16.8 Å². The summed E-state index contributed by atoms with van der Waals surface area (Å²) in [4.78, 5) is 10.4. The van der Waals surface area contributed by atoms with Gasteiger partial charge in [-0.05, 0) is 24.4 Å². The van der Waals surface area contributed by atoms with E-state index in [9.17, 15) is 4.79 Å². The maximum Gasteiger partial charge on any atom is 0.225 e. The van der Waals surface area contributed by atoms with Gasteiger partial charge in [-0.25, -0.2) is 0 Å². The van der Waals surface area contributed by atoms with Crippen LogP contribution >= 0.6 is 11.6 Å². The van der Waals surface area contributed by atoms with Gasteiger partial charge in [-0.2, -0.15) is 0 Å². The van der Waals surface area contributed by atoms with Crippen molar-refractivity contribution in [2.45, 2.75) is 19.3 Å². The van der Waals surface area contributed by atoms with Crippen molar-refractivity contribution in [3.63, 3.8) is 0 Å². The molecule has 1 nitrogen and oxygen atoms in total. The summed E-state index contributed by atoms with van der Waals surface area (Å²) in [7, 11) is 0. The van der Waals surface area contributed by atoms with Gasteiger partial charge in [-0.15, -0.1) is 0 Å². The fourth-order valence-electron chi connectivity index (χ4n) is 0.978. The van der Waals surface area contributed by atoms with Crippen molar-refractivity contribution in [1.82, 2.24) is 0 Å². The lowest BCUT2D eigenvalue weighted by Gasteiger charge is -2.04. The van der Waals surface area contributed by atoms with Gasteiger partial charge >= 0.3 is 0 Å². The third kappa shape index (κ3) is 2.36. The molecule has 0 aromatic rings. The summed E-state index contributed by atoms with van der Waals surface area (Å²) >= 11 is 5.21. The third-order valence-corrected chi connectivity index (χ3v) is 1.60. The van der Waals surface area contributed by atoms with Crippen molar-refractivity contribution in [2.24, 2.45) is 0 Å². The van der Waals surface area contributed by atoms with E-state index in [0.29, 0.717) is 6.42 Å². The van der Waals surface area contributed by atoms with Gasteiger partial charge in [0.05, 0.1) is 0 Å². The van der Waals surface area contributed by atoms with Crippen LogP contribution in [0.25, 0.3) is 0 Å². The zero-order valence-corrected chi connectivity index (χ0v) is 6.40. The van der Waals surface area contributed by atoms with Crippen molar-refractivity contribution in [2.75, 3.05) is 0 Å². The minimum absolute atomic E-state index is 0.262. The molecule has 0 amide bonds. The smallest absolute Gasteiger partial charge is 0.225 e. The first-order valence-electron chi connectivity index (χ1n) is 3.32. The summed E-state index contributed by atoms with van der Waals surface area (Å²) < 4.78 is 0. The van der Waals surface area contributed by atoms with Gasteiger partial charge in [0.2, 0.25) is 5.24 Å². The molecule has 0 saturated carbocycles. The molecule has 54 valence electrons. The summed E-state index contributed by atoms with van der Waals surface area (Å²) in [6.07, 6.45) is 8.45. The maximum atomic E-state index is 10.4. The Bertz CT molecular complexity index is 191. The SMILES string of the molecule is O=C(Cl)CC1=CC=CCC1. The van der Waals surface area contributed by atoms with Crippen LogP contribution in [0.3, 0.4) is 0 Å². The average Bonchev–Trinajstić information content (AvgIpc) is 1.88. The van der Waals surface area contributed by atoms with Crippen LogP contribution in [0.5, 0.6) is 0 Å². The van der Waals surface area contributed by atoms with Crippen molar-refractivity contribution in [1.29, 1.82) is 0 Å². The van der Waals surface area contributed by atoms with Crippen LogP contribution < -0.4 is 0 Å². The second kappa shape index (κ2) is 3.57. The summed E-state index contributed by atoms with van der Waals surface area (Å²) in [6.45, 7) is 0. The molecule has 0 spiro atoms. The molecule has 1 rings (SSSR count). The molecule has 0 aromatic carbocycles. The molecule has 0 unspecified atom stereocenters. The second-order valence-corrected chi connectivity index (χ2v) is 2.75. The number of carbonyl (C=O) groups is 1. The Labute approximate surface area is 65.4 Å². The molecule has 0 aliphatic heterocycles. The Morgan fingerprint density at radius 2 is 2.50 bits per heavy atom. The number of carbonyl (C=O) groups excluding carboxylic acids is 1. The first kappa shape index (κ1) is 7.55. The molecule has 0 atom stereocenters. The molecule has 0 aromatic heterocycles. The van der Waals surface area contributed by atoms with Crippen LogP contribution in [0, 0.1) is 0 Å². The Morgan fingerprint density at radius 1 is 1.70 bits per heavy atom. The number of hydrogen-bond donors (Lipinski definition) is 0. The lowest BCUT2D eigenvalue weighted by atomic mass is 10.0. The highest BCUT2D eigenvalue weighted by Gasteiger charge is 2.03. The number of halogens is 1. The Kier molecular flexibility index (Phi) is 2.69. The van der Waals surface area contributed by atoms with E-state index in [1.165, 1.54) is 0 Å². The first-order valence-corrected chi connectivity index (χ1v) is 3.70. The lowest BCUT2D eigenvalue weighted by Crippen LogP contribution is -1.92. The van der Waals surface area contributed by atoms with E-state index < -0.39 is 0 Å². The molecule has 10 heavy (non-hydrogen) atoms. The number of rotatable bonds is 2. The molecule has 0 N–H and O–H groups in total. The van der Waals surface area contributed by atoms with Gasteiger partial charge in [0.25, 0.3) is 0 Å². The average molecular weight is 157 g/mol. The first-order chi connectivity index (χ1) is 4.79. The highest BCUT2D eigenvalue weighted by atomic mass is 35.5. The molecule has 2 heteroatoms. The van der Waals surface area contributed by atoms with E-state index in [0.717, 1.165) is 18.4 Å². The fraction of sp³-hybridized carbons (Fsp3) is 0.375. The molecule has 0 fully saturated rings. The standard InChI is InChI=1S/C8H9ClO/c9-8(10)6-7-4-2-1-3-5-7/h1-2,4H,3,5-6H2. The monoisotopic (exact) mass is 156 g/mol. The normalized spacial score (nSPS) is 16.7. The van der Waals surface area contributed by atoms with Crippen LogP contribution in [0.15, 0.2) is 23.8 Å². The van der Waals surface area contributed by atoms with Crippen LogP contribution in [-0.2, 0) is 4.79 Å². The molecule has 1 aliphatic rings. The maximum absolute atomic E-state index is 10.4. The molecule has 0 saturated heterocycles. The van der Waals surface area contributed by atoms with Crippen LogP contribution in [0.2, 0.25) is 0 Å². The topological polar surface area (TPSA) is 17.1 Å². The Balaban J connectivity index is 2.47. The summed E-state index contributed by atoms with van der Waals surface area (Å²) in [5.74, 6) is 0. The van der Waals surface area contributed by atoms with Gasteiger partial charge in [-0.3, -0.25) is 4.79 Å². The van der Waals surface area contributed by atoms with Crippen LogP contribution in [0.1, 0.15) is 19.3 Å². The minimum Gasteiger partial charge on any atom is -0.281 e. The molecule has 0 radical (unpaired) electrons. The summed E-state index contributed by atoms with van der Waals surface area (Å²) in [5, 5.41) is -0.262. The predicted molar refractivity (Wildman–Crippen MR) is 41.9 cm³/mol. The van der Waals surface area contributed by atoms with E-state index in [1.54, 1.807) is 0 Å². The van der Waals surface area contributed by atoms with Gasteiger partial charge < -0.3 is 0 Å². The molecular weight excluding hydrogens is 148 g/mol. The van der Waals surface area contributed by atoms with E-state index in [-0.39, 0.29) is 5.24 Å². The van der Waals surface area contributed by atoms with E-state index in [1.807, 2.05) is 12.2 Å². The van der Waals surface area contributed by atoms with Crippen molar-refractivity contribution in [3.8, 4) is 0 Å². The molecular formula is C8H9ClO. The van der Waals surface area contributed by atoms with E-state index in [2.05, 4.69) is 6.08 Å². The van der Waals surface area contributed by atoms with Gasteiger partial charge in [0.15, 0.2) is 0 Å². The summed E-state index contributed by atoms with van der Waals surface area (Å²) in [6, 6.07) is 0.